The topological polar surface area (TPSA) is 31.8 Å². The van der Waals surface area contributed by atoms with Crippen LogP contribution in [0, 0.1) is 0 Å². The lowest BCUT2D eigenvalue weighted by Crippen LogP contribution is -2.40. The molecule has 0 radical (unpaired) electrons. The summed E-state index contributed by atoms with van der Waals surface area (Å²) >= 11 is 0. The molecule has 140 valence electrons. The molecule has 6 rings (SSSR count). The summed E-state index contributed by atoms with van der Waals surface area (Å²) in [6.07, 6.45) is 6.59. The van der Waals surface area contributed by atoms with E-state index in [0.717, 1.165) is 39.0 Å². The molecule has 0 fully saturated rings. The summed E-state index contributed by atoms with van der Waals surface area (Å²) in [5.41, 5.74) is 5.04. The van der Waals surface area contributed by atoms with Crippen molar-refractivity contribution in [1.82, 2.24) is 0 Å². The molecule has 2 aliphatic heterocycles. The molecule has 4 heterocycles. The summed E-state index contributed by atoms with van der Waals surface area (Å²) in [5.74, 6) is 0. The summed E-state index contributed by atoms with van der Waals surface area (Å²) in [6.45, 7) is 3.90. The number of hydrogen-bond donors (Lipinski definition) is 2. The summed E-state index contributed by atoms with van der Waals surface area (Å²) < 4.78 is 4.76. The van der Waals surface area contributed by atoms with Gasteiger partial charge in [0.1, 0.15) is 0 Å². The third-order valence-corrected chi connectivity index (χ3v) is 5.63. The first-order valence-electron chi connectivity index (χ1n) is 10.2. The number of anilines is 2. The maximum absolute atomic E-state index is 3.63. The van der Waals surface area contributed by atoms with Gasteiger partial charge in [-0.25, -0.2) is 0 Å². The van der Waals surface area contributed by atoms with E-state index in [4.69, 9.17) is 0 Å². The zero-order valence-electron chi connectivity index (χ0n) is 16.1. The molecular weight excluding hydrogens is 344 g/mol. The molecule has 2 aliphatic rings. The van der Waals surface area contributed by atoms with Crippen molar-refractivity contribution >= 4 is 33.2 Å². The lowest BCUT2D eigenvalue weighted by atomic mass is 10.1. The molecule has 28 heavy (non-hydrogen) atoms. The van der Waals surface area contributed by atoms with Crippen molar-refractivity contribution in [2.24, 2.45) is 0 Å². The lowest BCUT2D eigenvalue weighted by molar-refractivity contribution is -0.702. The van der Waals surface area contributed by atoms with Crippen molar-refractivity contribution in [3.63, 3.8) is 0 Å². The van der Waals surface area contributed by atoms with E-state index in [9.17, 15) is 0 Å². The van der Waals surface area contributed by atoms with Crippen molar-refractivity contribution < 1.29 is 9.13 Å². The second kappa shape index (κ2) is 7.47. The van der Waals surface area contributed by atoms with Crippen LogP contribution in [0.4, 0.5) is 11.4 Å². The number of hydrogen-bond acceptors (Lipinski definition) is 2. The van der Waals surface area contributed by atoms with E-state index in [1.807, 2.05) is 0 Å². The van der Waals surface area contributed by atoms with E-state index >= 15 is 0 Å². The number of benzene rings is 2. The van der Waals surface area contributed by atoms with Crippen LogP contribution in [0.25, 0.3) is 21.8 Å². The number of nitrogens with one attached hydrogen (secondary N) is 2. The minimum atomic E-state index is 0.950. The molecule has 2 aromatic carbocycles. The predicted molar refractivity (Wildman–Crippen MR) is 114 cm³/mol. The van der Waals surface area contributed by atoms with E-state index in [-0.39, 0.29) is 0 Å². The summed E-state index contributed by atoms with van der Waals surface area (Å²) in [6, 6.07) is 21.8. The Labute approximate surface area is 165 Å². The van der Waals surface area contributed by atoms with Crippen LogP contribution in [0.5, 0.6) is 0 Å². The predicted octanol–water partition coefficient (Wildman–Crippen LogP) is 3.89. The van der Waals surface area contributed by atoms with Crippen LogP contribution in [0.2, 0.25) is 0 Å². The summed E-state index contributed by atoms with van der Waals surface area (Å²) in [5, 5.41) is 9.87. The van der Waals surface area contributed by atoms with Crippen LogP contribution in [0.1, 0.15) is 12.8 Å². The Morgan fingerprint density at radius 3 is 1.61 bits per heavy atom. The third-order valence-electron chi connectivity index (χ3n) is 5.63. The number of aromatic nitrogens is 2. The highest BCUT2D eigenvalue weighted by Gasteiger charge is 2.16. The Morgan fingerprint density at radius 2 is 1.07 bits per heavy atom. The van der Waals surface area contributed by atoms with Gasteiger partial charge in [0.25, 0.3) is 0 Å². The van der Waals surface area contributed by atoms with Crippen molar-refractivity contribution in [2.45, 2.75) is 25.9 Å². The van der Waals surface area contributed by atoms with Gasteiger partial charge in [-0.05, 0) is 18.6 Å². The van der Waals surface area contributed by atoms with Crippen molar-refractivity contribution in [3.05, 3.63) is 73.1 Å². The Bertz CT molecular complexity index is 1050. The molecule has 0 atom stereocenters. The maximum Gasteiger partial charge on any atom is 0.214 e. The van der Waals surface area contributed by atoms with Crippen LogP contribution in [-0.4, -0.2) is 13.1 Å². The molecule has 0 aliphatic carbocycles. The molecule has 0 unspecified atom stereocenters. The van der Waals surface area contributed by atoms with Gasteiger partial charge in [-0.1, -0.05) is 24.3 Å². The van der Waals surface area contributed by atoms with Gasteiger partial charge < -0.3 is 10.6 Å². The van der Waals surface area contributed by atoms with Gasteiger partial charge in [0.05, 0.1) is 28.6 Å². The van der Waals surface area contributed by atoms with E-state index in [1.165, 1.54) is 33.2 Å². The largest absolute Gasteiger partial charge is 0.384 e. The monoisotopic (exact) mass is 370 g/mol. The second-order valence-electron chi connectivity index (χ2n) is 7.44. The number of pyridine rings is 2. The third kappa shape index (κ3) is 3.15. The van der Waals surface area contributed by atoms with Crippen LogP contribution < -0.4 is 19.8 Å². The Morgan fingerprint density at radius 1 is 0.571 bits per heavy atom. The van der Waals surface area contributed by atoms with E-state index in [1.54, 1.807) is 0 Å². The normalized spacial score (nSPS) is 14.9. The molecule has 0 amide bonds. The molecule has 4 heteroatoms. The number of para-hydroxylation sites is 2. The van der Waals surface area contributed by atoms with Gasteiger partial charge in [-0.2, -0.15) is 9.13 Å². The van der Waals surface area contributed by atoms with Gasteiger partial charge in [-0.3, -0.25) is 0 Å². The molecule has 2 N–H and O–H groups in total. The molecule has 4 aromatic rings. The first-order chi connectivity index (χ1) is 13.9. The van der Waals surface area contributed by atoms with Gasteiger partial charge >= 0.3 is 0 Å². The van der Waals surface area contributed by atoms with E-state index < -0.39 is 0 Å². The summed E-state index contributed by atoms with van der Waals surface area (Å²) in [7, 11) is 0. The lowest BCUT2D eigenvalue weighted by Gasteiger charge is -2.12. The van der Waals surface area contributed by atoms with Gasteiger partial charge in [-0.15, -0.1) is 0 Å². The molecule has 0 saturated carbocycles. The smallest absolute Gasteiger partial charge is 0.214 e. The first kappa shape index (κ1) is 17.0. The maximum atomic E-state index is 3.63. The molecular formula is C24H26N4+2. The minimum absolute atomic E-state index is 0.950. The average molecular weight is 371 g/mol. The van der Waals surface area contributed by atoms with Crippen molar-refractivity contribution in [1.29, 1.82) is 0 Å². The highest BCUT2D eigenvalue weighted by atomic mass is 15.0. The second-order valence-corrected chi connectivity index (χ2v) is 7.44. The van der Waals surface area contributed by atoms with Gasteiger partial charge in [0.15, 0.2) is 25.5 Å². The SMILES string of the molecule is c1ccc2c(c1)c1cc[n+]2CCC[n+]2ccc(c3ccccc32)NCCCN1. The Hall–Kier alpha value is -3.14. The van der Waals surface area contributed by atoms with Crippen LogP contribution >= 0.6 is 0 Å². The molecule has 4 bridgehead atoms. The molecule has 0 spiro atoms. The zero-order valence-corrected chi connectivity index (χ0v) is 16.1. The molecule has 2 aromatic heterocycles. The van der Waals surface area contributed by atoms with Crippen molar-refractivity contribution in [3.8, 4) is 0 Å². The highest BCUT2D eigenvalue weighted by molar-refractivity contribution is 5.89. The minimum Gasteiger partial charge on any atom is -0.384 e. The van der Waals surface area contributed by atoms with Crippen molar-refractivity contribution in [2.75, 3.05) is 23.7 Å². The van der Waals surface area contributed by atoms with Gasteiger partial charge in [0.2, 0.25) is 11.0 Å². The highest BCUT2D eigenvalue weighted by Crippen LogP contribution is 2.22. The van der Waals surface area contributed by atoms with Gasteiger partial charge in [0, 0.05) is 37.4 Å². The fraction of sp³-hybridized carbons (Fsp3) is 0.250. The van der Waals surface area contributed by atoms with Crippen LogP contribution in [-0.2, 0) is 13.1 Å². The fourth-order valence-electron chi connectivity index (χ4n) is 4.22. The standard InChI is InChI=1S/C24H24N4/c1-3-9-23-19(7-1)21-11-17-27(23)15-6-16-28-18-12-22(26-14-5-13-25-21)20-8-2-4-10-24(20)28/h1-4,7-12,17-18H,5-6,13-16H2/p+2. The van der Waals surface area contributed by atoms with E-state index in [0.29, 0.717) is 0 Å². The quantitative estimate of drug-likeness (QED) is 0.460. The first-order valence-corrected chi connectivity index (χ1v) is 10.2. The summed E-state index contributed by atoms with van der Waals surface area (Å²) in [4.78, 5) is 0. The number of fused-ring (bicyclic) bond motifs is 8. The Kier molecular flexibility index (Phi) is 4.53. The van der Waals surface area contributed by atoms with Crippen LogP contribution in [0.3, 0.4) is 0 Å². The average Bonchev–Trinajstić information content (AvgIpc) is 2.74. The molecule has 0 saturated heterocycles. The number of nitrogens with zero attached hydrogens (tertiary/aromatic N) is 2. The van der Waals surface area contributed by atoms with E-state index in [2.05, 4.69) is 92.8 Å². The fourth-order valence-corrected chi connectivity index (χ4v) is 4.22. The Balaban J connectivity index is 1.55. The number of aryl methyl sites for hydroxylation is 2. The molecule has 4 nitrogen and oxygen atoms in total. The van der Waals surface area contributed by atoms with Crippen LogP contribution in [0.15, 0.2) is 73.1 Å². The number of rotatable bonds is 0. The zero-order chi connectivity index (χ0) is 18.8.